The van der Waals surface area contributed by atoms with Crippen LogP contribution < -0.4 is 0 Å². The Labute approximate surface area is 89.5 Å². The topological polar surface area (TPSA) is 26.5 Å². The molecule has 0 aromatic carbocycles. The summed E-state index contributed by atoms with van der Waals surface area (Å²) >= 11 is 0. The van der Waals surface area contributed by atoms with Crippen molar-refractivity contribution < 1.29 is 17.9 Å². The van der Waals surface area contributed by atoms with Crippen molar-refractivity contribution in [3.8, 4) is 0 Å². The molecule has 2 heterocycles. The van der Waals surface area contributed by atoms with Gasteiger partial charge in [-0.25, -0.2) is 4.98 Å². The van der Waals surface area contributed by atoms with Crippen molar-refractivity contribution >= 4 is 5.65 Å². The van der Waals surface area contributed by atoms with E-state index in [1.807, 2.05) is 0 Å². The van der Waals surface area contributed by atoms with Crippen molar-refractivity contribution in [3.05, 3.63) is 35.8 Å². The molecule has 0 atom stereocenters. The summed E-state index contributed by atoms with van der Waals surface area (Å²) in [5.41, 5.74) is -0.362. The minimum absolute atomic E-state index is 0.0953. The smallest absolute Gasteiger partial charge is 0.378 e. The van der Waals surface area contributed by atoms with E-state index in [4.69, 9.17) is 4.74 Å². The summed E-state index contributed by atoms with van der Waals surface area (Å²) in [6, 6.07) is 2.35. The molecule has 0 fully saturated rings. The molecule has 0 N–H and O–H groups in total. The molecule has 0 unspecified atom stereocenters. The van der Waals surface area contributed by atoms with Gasteiger partial charge >= 0.3 is 6.18 Å². The van der Waals surface area contributed by atoms with Crippen LogP contribution in [0.4, 0.5) is 13.2 Å². The highest BCUT2D eigenvalue weighted by atomic mass is 19.4. The number of hydrogen-bond acceptors (Lipinski definition) is 2. The number of halogens is 3. The van der Waals surface area contributed by atoms with Gasteiger partial charge in [0.2, 0.25) is 0 Å². The van der Waals surface area contributed by atoms with E-state index in [0.29, 0.717) is 5.69 Å². The van der Waals surface area contributed by atoms with Crippen LogP contribution in [0.3, 0.4) is 0 Å². The SMILES string of the molecule is COCc1cn2cccc(C(F)(F)F)c2n1. The highest BCUT2D eigenvalue weighted by Crippen LogP contribution is 2.31. The maximum atomic E-state index is 12.6. The number of alkyl halides is 3. The fourth-order valence-corrected chi connectivity index (χ4v) is 1.50. The molecule has 0 spiro atoms. The quantitative estimate of drug-likeness (QED) is 0.792. The number of aromatic nitrogens is 2. The summed E-state index contributed by atoms with van der Waals surface area (Å²) in [5, 5.41) is 0. The minimum atomic E-state index is -4.39. The van der Waals surface area contributed by atoms with Gasteiger partial charge in [0.1, 0.15) is 5.65 Å². The summed E-state index contributed by atoms with van der Waals surface area (Å²) in [6.45, 7) is 0.193. The molecule has 2 aromatic heterocycles. The van der Waals surface area contributed by atoms with Crippen LogP contribution in [0.15, 0.2) is 24.5 Å². The minimum Gasteiger partial charge on any atom is -0.378 e. The van der Waals surface area contributed by atoms with Crippen molar-refractivity contribution in [1.82, 2.24) is 9.38 Å². The second-order valence-corrected chi connectivity index (χ2v) is 3.32. The zero-order chi connectivity index (χ0) is 11.8. The van der Waals surface area contributed by atoms with Crippen LogP contribution in [-0.2, 0) is 17.5 Å². The standard InChI is InChI=1S/C10H9F3N2O/c1-16-6-7-5-15-4-2-3-8(9(15)14-7)10(11,12)13/h2-5H,6H2,1H3. The highest BCUT2D eigenvalue weighted by molar-refractivity contribution is 5.50. The van der Waals surface area contributed by atoms with E-state index in [0.717, 1.165) is 6.07 Å². The van der Waals surface area contributed by atoms with E-state index < -0.39 is 11.7 Å². The zero-order valence-corrected chi connectivity index (χ0v) is 8.45. The van der Waals surface area contributed by atoms with Crippen LogP contribution in [0.25, 0.3) is 5.65 Å². The summed E-state index contributed by atoms with van der Waals surface area (Å²) < 4.78 is 44.1. The molecule has 2 aromatic rings. The lowest BCUT2D eigenvalue weighted by atomic mass is 10.2. The van der Waals surface area contributed by atoms with Gasteiger partial charge in [-0.15, -0.1) is 0 Å². The third-order valence-corrected chi connectivity index (χ3v) is 2.13. The molecule has 2 rings (SSSR count). The lowest BCUT2D eigenvalue weighted by molar-refractivity contribution is -0.136. The molecule has 0 bridgehead atoms. The lowest BCUT2D eigenvalue weighted by Gasteiger charge is -2.06. The molecular weight excluding hydrogens is 221 g/mol. The van der Waals surface area contributed by atoms with Gasteiger partial charge < -0.3 is 9.14 Å². The van der Waals surface area contributed by atoms with E-state index in [1.165, 1.54) is 30.0 Å². The Hall–Kier alpha value is -1.56. The van der Waals surface area contributed by atoms with Gasteiger partial charge in [-0.1, -0.05) is 0 Å². The maximum Gasteiger partial charge on any atom is 0.419 e. The van der Waals surface area contributed by atoms with Gasteiger partial charge in [-0.05, 0) is 12.1 Å². The number of pyridine rings is 1. The Morgan fingerprint density at radius 1 is 1.44 bits per heavy atom. The van der Waals surface area contributed by atoms with Gasteiger partial charge in [0.05, 0.1) is 17.9 Å². The van der Waals surface area contributed by atoms with Crippen LogP contribution >= 0.6 is 0 Å². The van der Waals surface area contributed by atoms with E-state index in [1.54, 1.807) is 0 Å². The van der Waals surface area contributed by atoms with Crippen LogP contribution in [0.2, 0.25) is 0 Å². The van der Waals surface area contributed by atoms with Crippen molar-refractivity contribution in [1.29, 1.82) is 0 Å². The molecule has 0 aliphatic rings. The number of methoxy groups -OCH3 is 1. The Kier molecular flexibility index (Phi) is 2.59. The molecule has 86 valence electrons. The fraction of sp³-hybridized carbons (Fsp3) is 0.300. The number of hydrogen-bond donors (Lipinski definition) is 0. The molecule has 0 aliphatic carbocycles. The molecule has 16 heavy (non-hydrogen) atoms. The zero-order valence-electron chi connectivity index (χ0n) is 8.45. The van der Waals surface area contributed by atoms with Gasteiger partial charge in [0, 0.05) is 19.5 Å². The third-order valence-electron chi connectivity index (χ3n) is 2.13. The largest absolute Gasteiger partial charge is 0.419 e. The lowest BCUT2D eigenvalue weighted by Crippen LogP contribution is -2.07. The predicted molar refractivity (Wildman–Crippen MR) is 50.9 cm³/mol. The Balaban J connectivity index is 2.59. The summed E-state index contributed by atoms with van der Waals surface area (Å²) in [7, 11) is 1.47. The molecule has 3 nitrogen and oxygen atoms in total. The highest BCUT2D eigenvalue weighted by Gasteiger charge is 2.33. The summed E-state index contributed by atoms with van der Waals surface area (Å²) in [4.78, 5) is 3.89. The number of fused-ring (bicyclic) bond motifs is 1. The van der Waals surface area contributed by atoms with Crippen molar-refractivity contribution in [2.45, 2.75) is 12.8 Å². The number of imidazole rings is 1. The van der Waals surface area contributed by atoms with Crippen LogP contribution in [0.1, 0.15) is 11.3 Å². The average Bonchev–Trinajstić information content (AvgIpc) is 2.58. The Bertz CT molecular complexity index is 504. The number of rotatable bonds is 2. The first-order valence-electron chi connectivity index (χ1n) is 4.55. The second-order valence-electron chi connectivity index (χ2n) is 3.32. The van der Waals surface area contributed by atoms with E-state index in [9.17, 15) is 13.2 Å². The van der Waals surface area contributed by atoms with Crippen LogP contribution in [0, 0.1) is 0 Å². The second kappa shape index (κ2) is 3.79. The number of ether oxygens (including phenoxy) is 1. The van der Waals surface area contributed by atoms with Crippen LogP contribution in [-0.4, -0.2) is 16.5 Å². The van der Waals surface area contributed by atoms with E-state index in [2.05, 4.69) is 4.98 Å². The van der Waals surface area contributed by atoms with E-state index in [-0.39, 0.29) is 12.3 Å². The molecule has 0 aliphatic heterocycles. The van der Waals surface area contributed by atoms with Crippen molar-refractivity contribution in [3.63, 3.8) is 0 Å². The van der Waals surface area contributed by atoms with Gasteiger partial charge in [-0.3, -0.25) is 0 Å². The Morgan fingerprint density at radius 3 is 2.81 bits per heavy atom. The van der Waals surface area contributed by atoms with Gasteiger partial charge in [-0.2, -0.15) is 13.2 Å². The third kappa shape index (κ3) is 1.88. The summed E-state index contributed by atoms with van der Waals surface area (Å²) in [5.74, 6) is 0. The van der Waals surface area contributed by atoms with Gasteiger partial charge in [0.15, 0.2) is 0 Å². The van der Waals surface area contributed by atoms with Crippen molar-refractivity contribution in [2.75, 3.05) is 7.11 Å². The molecule has 0 amide bonds. The molecule has 0 saturated heterocycles. The first kappa shape index (κ1) is 10.9. The van der Waals surface area contributed by atoms with Crippen LogP contribution in [0.5, 0.6) is 0 Å². The predicted octanol–water partition coefficient (Wildman–Crippen LogP) is 2.50. The summed E-state index contributed by atoms with van der Waals surface area (Å²) in [6.07, 6.45) is -1.34. The molecular formula is C10H9F3N2O. The van der Waals surface area contributed by atoms with Gasteiger partial charge in [0.25, 0.3) is 0 Å². The first-order chi connectivity index (χ1) is 7.52. The average molecular weight is 230 g/mol. The molecule has 6 heteroatoms. The monoisotopic (exact) mass is 230 g/mol. The van der Waals surface area contributed by atoms with Crippen molar-refractivity contribution in [2.24, 2.45) is 0 Å². The van der Waals surface area contributed by atoms with E-state index >= 15 is 0 Å². The molecule has 0 radical (unpaired) electrons. The maximum absolute atomic E-state index is 12.6. The number of nitrogens with zero attached hydrogens (tertiary/aromatic N) is 2. The molecule has 0 saturated carbocycles. The first-order valence-corrected chi connectivity index (χ1v) is 4.55. The normalized spacial score (nSPS) is 12.2. The Morgan fingerprint density at radius 2 is 2.19 bits per heavy atom. The fourth-order valence-electron chi connectivity index (χ4n) is 1.50.